The van der Waals surface area contributed by atoms with E-state index in [1.807, 2.05) is 13.0 Å². The van der Waals surface area contributed by atoms with E-state index in [0.717, 1.165) is 17.9 Å². The molecule has 0 aromatic carbocycles. The number of thioether (sulfide) groups is 1. The number of carbonyl (C=O) groups is 1. The molecule has 1 aromatic rings. The highest BCUT2D eigenvalue weighted by atomic mass is 32.2. The molecule has 0 spiro atoms. The molecule has 1 aromatic heterocycles. The Bertz CT molecular complexity index is 447. The fraction of sp³-hybridized carbons (Fsp3) is 0.733. The second-order valence-corrected chi connectivity index (χ2v) is 6.85. The Balaban J connectivity index is 1.69. The molecule has 1 N–H and O–H groups in total. The van der Waals surface area contributed by atoms with Crippen LogP contribution in [0.3, 0.4) is 0 Å². The van der Waals surface area contributed by atoms with Crippen molar-refractivity contribution >= 4 is 17.7 Å². The van der Waals surface area contributed by atoms with E-state index in [9.17, 15) is 4.79 Å². The van der Waals surface area contributed by atoms with Crippen LogP contribution >= 0.6 is 11.8 Å². The molecule has 3 atom stereocenters. The summed E-state index contributed by atoms with van der Waals surface area (Å²) in [5.74, 6) is 3.44. The van der Waals surface area contributed by atoms with Gasteiger partial charge in [0.25, 0.3) is 0 Å². The molecular weight excluding hydrogens is 272 g/mol. The number of hydrogen-bond donors (Lipinski definition) is 1. The van der Waals surface area contributed by atoms with Crippen LogP contribution in [0.25, 0.3) is 0 Å². The molecule has 0 saturated heterocycles. The summed E-state index contributed by atoms with van der Waals surface area (Å²) in [6.45, 7) is 6.43. The molecule has 5 heteroatoms. The van der Waals surface area contributed by atoms with Gasteiger partial charge in [0.15, 0.2) is 0 Å². The van der Waals surface area contributed by atoms with Gasteiger partial charge in [-0.2, -0.15) is 0 Å². The maximum Gasteiger partial charge on any atom is 0.230 e. The number of amides is 1. The van der Waals surface area contributed by atoms with Crippen LogP contribution in [0.4, 0.5) is 0 Å². The fourth-order valence-corrected chi connectivity index (χ4v) is 3.47. The minimum Gasteiger partial charge on any atom is -0.360 e. The molecule has 20 heavy (non-hydrogen) atoms. The van der Waals surface area contributed by atoms with Crippen molar-refractivity contribution in [3.05, 3.63) is 17.5 Å². The summed E-state index contributed by atoms with van der Waals surface area (Å²) < 4.78 is 5.12. The molecule has 1 fully saturated rings. The number of carbonyl (C=O) groups excluding carboxylic acids is 1. The van der Waals surface area contributed by atoms with Gasteiger partial charge < -0.3 is 9.84 Å². The van der Waals surface area contributed by atoms with Crippen LogP contribution in [0.15, 0.2) is 10.6 Å². The second kappa shape index (κ2) is 7.16. The van der Waals surface area contributed by atoms with Crippen LogP contribution in [0.2, 0.25) is 0 Å². The highest BCUT2D eigenvalue weighted by molar-refractivity contribution is 7.99. The summed E-state index contributed by atoms with van der Waals surface area (Å²) in [6.07, 6.45) is 3.62. The largest absolute Gasteiger partial charge is 0.360 e. The van der Waals surface area contributed by atoms with Gasteiger partial charge in [0.2, 0.25) is 5.91 Å². The molecule has 0 radical (unpaired) electrons. The zero-order chi connectivity index (χ0) is 14.5. The zero-order valence-electron chi connectivity index (χ0n) is 12.5. The molecule has 0 bridgehead atoms. The molecule has 4 nitrogen and oxygen atoms in total. The van der Waals surface area contributed by atoms with Crippen molar-refractivity contribution in [2.24, 2.45) is 11.8 Å². The molecule has 1 amide bonds. The number of aryl methyl sites for hydroxylation is 1. The summed E-state index contributed by atoms with van der Waals surface area (Å²) >= 11 is 1.57. The number of hydrogen-bond acceptors (Lipinski definition) is 4. The Morgan fingerprint density at radius 3 is 3.00 bits per heavy atom. The van der Waals surface area contributed by atoms with E-state index >= 15 is 0 Å². The fourth-order valence-electron chi connectivity index (χ4n) is 2.76. The molecule has 0 aliphatic heterocycles. The Labute approximate surface area is 125 Å². The van der Waals surface area contributed by atoms with Gasteiger partial charge in [-0.1, -0.05) is 31.8 Å². The maximum absolute atomic E-state index is 12.0. The monoisotopic (exact) mass is 296 g/mol. The van der Waals surface area contributed by atoms with Crippen molar-refractivity contribution in [1.29, 1.82) is 0 Å². The molecule has 1 saturated carbocycles. The molecule has 1 aliphatic rings. The lowest BCUT2D eigenvalue weighted by Crippen LogP contribution is -2.44. The predicted octanol–water partition coefficient (Wildman–Crippen LogP) is 3.16. The first kappa shape index (κ1) is 15.4. The molecule has 112 valence electrons. The third-order valence-electron chi connectivity index (χ3n) is 4.21. The number of aromatic nitrogens is 1. The topological polar surface area (TPSA) is 55.1 Å². The Kier molecular flexibility index (Phi) is 5.52. The zero-order valence-corrected chi connectivity index (χ0v) is 13.3. The van der Waals surface area contributed by atoms with Crippen LogP contribution in [0.1, 0.15) is 44.6 Å². The SMILES string of the molecule is Cc1cc(CSCC(=O)NC2CCCC(C)C2C)on1. The third kappa shape index (κ3) is 4.27. The van der Waals surface area contributed by atoms with Gasteiger partial charge in [-0.25, -0.2) is 0 Å². The number of rotatable bonds is 5. The first-order valence-electron chi connectivity index (χ1n) is 7.35. The van der Waals surface area contributed by atoms with Crippen molar-refractivity contribution in [3.8, 4) is 0 Å². The lowest BCUT2D eigenvalue weighted by atomic mass is 9.78. The highest BCUT2D eigenvalue weighted by Gasteiger charge is 2.27. The van der Waals surface area contributed by atoms with Crippen LogP contribution < -0.4 is 5.32 Å². The van der Waals surface area contributed by atoms with E-state index in [0.29, 0.717) is 29.4 Å². The molecular formula is C15H24N2O2S. The first-order valence-corrected chi connectivity index (χ1v) is 8.51. The van der Waals surface area contributed by atoms with Gasteiger partial charge in [-0.15, -0.1) is 11.8 Å². The van der Waals surface area contributed by atoms with Gasteiger partial charge in [-0.05, 0) is 25.2 Å². The second-order valence-electron chi connectivity index (χ2n) is 5.87. The smallest absolute Gasteiger partial charge is 0.230 e. The third-order valence-corrected chi connectivity index (χ3v) is 5.16. The normalized spacial score (nSPS) is 26.4. The van der Waals surface area contributed by atoms with Crippen molar-refractivity contribution in [1.82, 2.24) is 10.5 Å². The van der Waals surface area contributed by atoms with E-state index in [1.54, 1.807) is 11.8 Å². The summed E-state index contributed by atoms with van der Waals surface area (Å²) in [5, 5.41) is 7.02. The van der Waals surface area contributed by atoms with Crippen LogP contribution in [-0.4, -0.2) is 22.9 Å². The van der Waals surface area contributed by atoms with Gasteiger partial charge in [0.1, 0.15) is 5.76 Å². The average Bonchev–Trinajstić information content (AvgIpc) is 2.81. The minimum atomic E-state index is 0.136. The highest BCUT2D eigenvalue weighted by Crippen LogP contribution is 2.29. The van der Waals surface area contributed by atoms with Gasteiger partial charge in [-0.3, -0.25) is 4.79 Å². The van der Waals surface area contributed by atoms with E-state index in [-0.39, 0.29) is 5.91 Å². The van der Waals surface area contributed by atoms with Gasteiger partial charge in [0.05, 0.1) is 17.2 Å². The molecule has 2 rings (SSSR count). The van der Waals surface area contributed by atoms with Crippen molar-refractivity contribution in [2.75, 3.05) is 5.75 Å². The summed E-state index contributed by atoms with van der Waals surface area (Å²) in [6, 6.07) is 2.26. The van der Waals surface area contributed by atoms with Crippen LogP contribution in [-0.2, 0) is 10.5 Å². The standard InChI is InChI=1S/C15H24N2O2S/c1-10-5-4-6-14(12(10)3)16-15(18)9-20-8-13-7-11(2)17-19-13/h7,10,12,14H,4-6,8-9H2,1-3H3,(H,16,18). The van der Waals surface area contributed by atoms with E-state index in [1.165, 1.54) is 12.8 Å². The van der Waals surface area contributed by atoms with E-state index in [4.69, 9.17) is 4.52 Å². The number of nitrogens with zero attached hydrogens (tertiary/aromatic N) is 1. The van der Waals surface area contributed by atoms with Crippen molar-refractivity contribution < 1.29 is 9.32 Å². The van der Waals surface area contributed by atoms with E-state index in [2.05, 4.69) is 24.3 Å². The Morgan fingerprint density at radius 2 is 2.30 bits per heavy atom. The Morgan fingerprint density at radius 1 is 1.50 bits per heavy atom. The number of nitrogens with one attached hydrogen (secondary N) is 1. The average molecular weight is 296 g/mol. The van der Waals surface area contributed by atoms with Crippen LogP contribution in [0.5, 0.6) is 0 Å². The van der Waals surface area contributed by atoms with Crippen molar-refractivity contribution in [2.45, 2.75) is 51.8 Å². The van der Waals surface area contributed by atoms with Crippen molar-refractivity contribution in [3.63, 3.8) is 0 Å². The van der Waals surface area contributed by atoms with Gasteiger partial charge in [0, 0.05) is 12.1 Å². The first-order chi connectivity index (χ1) is 9.56. The molecule has 1 aliphatic carbocycles. The van der Waals surface area contributed by atoms with Crippen LogP contribution in [0, 0.1) is 18.8 Å². The van der Waals surface area contributed by atoms with E-state index < -0.39 is 0 Å². The summed E-state index contributed by atoms with van der Waals surface area (Å²) in [4.78, 5) is 12.0. The minimum absolute atomic E-state index is 0.136. The molecule has 1 heterocycles. The lowest BCUT2D eigenvalue weighted by molar-refractivity contribution is -0.119. The predicted molar refractivity (Wildman–Crippen MR) is 81.5 cm³/mol. The summed E-state index contributed by atoms with van der Waals surface area (Å²) in [5.41, 5.74) is 0.884. The Hall–Kier alpha value is -0.970. The summed E-state index contributed by atoms with van der Waals surface area (Å²) in [7, 11) is 0. The quantitative estimate of drug-likeness (QED) is 0.907. The van der Waals surface area contributed by atoms with Gasteiger partial charge >= 0.3 is 0 Å². The lowest BCUT2D eigenvalue weighted by Gasteiger charge is -2.34. The molecule has 3 unspecified atom stereocenters. The maximum atomic E-state index is 12.0.